The molecule has 0 saturated heterocycles. The molecule has 2 aliphatic heterocycles. The first-order valence-corrected chi connectivity index (χ1v) is 30.8. The van der Waals surface area contributed by atoms with Crippen molar-refractivity contribution in [3.05, 3.63) is 278 Å². The highest BCUT2D eigenvalue weighted by molar-refractivity contribution is 7.00. The fourth-order valence-electron chi connectivity index (χ4n) is 14.6. The minimum absolute atomic E-state index is 0.00603. The monoisotopic (exact) mass is 1130 g/mol. The first-order chi connectivity index (χ1) is 42.8. The third-order valence-electron chi connectivity index (χ3n) is 18.7. The van der Waals surface area contributed by atoms with Crippen molar-refractivity contribution in [2.24, 2.45) is 0 Å². The normalized spacial score (nSPS) is 13.1. The first-order valence-electron chi connectivity index (χ1n) is 30.8. The lowest BCUT2D eigenvalue weighted by Crippen LogP contribution is -2.61. The summed E-state index contributed by atoms with van der Waals surface area (Å²) in [5, 5.41) is 7.02. The van der Waals surface area contributed by atoms with E-state index in [1.807, 2.05) is 0 Å². The van der Waals surface area contributed by atoms with Gasteiger partial charge in [0.15, 0.2) is 0 Å². The van der Waals surface area contributed by atoms with Crippen LogP contribution in [0.2, 0.25) is 0 Å². The van der Waals surface area contributed by atoms with Gasteiger partial charge in [0.05, 0.1) is 16.6 Å². The van der Waals surface area contributed by atoms with Gasteiger partial charge in [-0.2, -0.15) is 0 Å². The molecule has 0 spiro atoms. The topological polar surface area (TPSA) is 30.5 Å². The Morgan fingerprint density at radius 2 is 0.784 bits per heavy atom. The number of benzene rings is 12. The molecule has 17 rings (SSSR count). The van der Waals surface area contributed by atoms with E-state index in [-0.39, 0.29) is 17.5 Å². The Bertz CT molecular complexity index is 5160. The van der Waals surface area contributed by atoms with Crippen LogP contribution in [0.25, 0.3) is 60.0 Å². The lowest BCUT2D eigenvalue weighted by molar-refractivity contribution is 0.590. The second-order valence-electron chi connectivity index (χ2n) is 26.3. The maximum Gasteiger partial charge on any atom is 0.252 e. The molecule has 2 aliphatic rings. The van der Waals surface area contributed by atoms with Gasteiger partial charge in [-0.15, -0.1) is 0 Å². The molecule has 0 atom stereocenters. The zero-order chi connectivity index (χ0) is 59.3. The summed E-state index contributed by atoms with van der Waals surface area (Å²) in [6.07, 6.45) is 0. The number of hydrogen-bond donors (Lipinski definition) is 0. The third-order valence-corrected chi connectivity index (χ3v) is 18.7. The standard InChI is InChI=1S/C81H64BN5O/c1-51-42-74-78-75(43-51)86(59-38-34-53(35-39-59)81(5,6)7)73-50-77-65(62-30-20-21-31-76(62)88-77)48-69(73)82(78)68-47-64-67-46-61(84(56-26-16-10-17-27-56)57-28-18-11-19-29-57)45-66-63-44-60(83(54-22-12-8-13-23-54)55-24-14-9-15-25-55)40-41-70(63)87(79(66)67)71(64)49-72(68)85(74)58-36-32-52(33-37-58)80(2,3)4/h8-50H,1-7H3. The molecule has 0 saturated carbocycles. The molecule has 12 aromatic carbocycles. The predicted molar refractivity (Wildman–Crippen MR) is 374 cm³/mol. The van der Waals surface area contributed by atoms with Gasteiger partial charge in [-0.1, -0.05) is 169 Å². The second-order valence-corrected chi connectivity index (χ2v) is 26.3. The molecule has 0 N–H and O–H groups in total. The Morgan fingerprint density at radius 1 is 0.341 bits per heavy atom. The van der Waals surface area contributed by atoms with Crippen molar-refractivity contribution in [2.75, 3.05) is 19.6 Å². The summed E-state index contributed by atoms with van der Waals surface area (Å²) in [6.45, 7) is 15.9. The molecule has 0 unspecified atom stereocenters. The van der Waals surface area contributed by atoms with Gasteiger partial charge in [0.2, 0.25) is 0 Å². The van der Waals surface area contributed by atoms with E-state index in [0.29, 0.717) is 0 Å². The highest BCUT2D eigenvalue weighted by atomic mass is 16.3. The van der Waals surface area contributed by atoms with Crippen LogP contribution >= 0.6 is 0 Å². The van der Waals surface area contributed by atoms with Crippen LogP contribution in [0.1, 0.15) is 58.2 Å². The Hall–Kier alpha value is -10.5. The summed E-state index contributed by atoms with van der Waals surface area (Å²) in [7, 11) is 0. The number of anilines is 12. The van der Waals surface area contributed by atoms with Crippen LogP contribution in [0.4, 0.5) is 68.2 Å². The lowest BCUT2D eigenvalue weighted by atomic mass is 9.33. The summed E-state index contributed by atoms with van der Waals surface area (Å²) in [5.41, 5.74) is 26.3. The molecule has 6 nitrogen and oxygen atoms in total. The first kappa shape index (κ1) is 51.9. The number of para-hydroxylation sites is 5. The molecule has 7 heteroatoms. The van der Waals surface area contributed by atoms with Crippen LogP contribution in [0.15, 0.2) is 265 Å². The molecular formula is C81H64BN5O. The Kier molecular flexibility index (Phi) is 11.4. The summed E-state index contributed by atoms with van der Waals surface area (Å²) in [6, 6.07) is 97.2. The summed E-state index contributed by atoms with van der Waals surface area (Å²) >= 11 is 0. The molecule has 88 heavy (non-hydrogen) atoms. The van der Waals surface area contributed by atoms with Gasteiger partial charge in [0, 0.05) is 107 Å². The third kappa shape index (κ3) is 7.96. The van der Waals surface area contributed by atoms with Crippen molar-refractivity contribution in [3.8, 4) is 0 Å². The average molecular weight is 1130 g/mol. The van der Waals surface area contributed by atoms with Gasteiger partial charge >= 0.3 is 0 Å². The van der Waals surface area contributed by atoms with Crippen molar-refractivity contribution >= 4 is 151 Å². The predicted octanol–water partition coefficient (Wildman–Crippen LogP) is 20.7. The second kappa shape index (κ2) is 19.3. The molecule has 0 amide bonds. The fraction of sp³-hybridized carbons (Fsp3) is 0.111. The largest absolute Gasteiger partial charge is 0.456 e. The highest BCUT2D eigenvalue weighted by Gasteiger charge is 2.45. The van der Waals surface area contributed by atoms with Gasteiger partial charge in [0.25, 0.3) is 6.71 Å². The van der Waals surface area contributed by atoms with E-state index >= 15 is 0 Å². The molecule has 5 heterocycles. The van der Waals surface area contributed by atoms with Gasteiger partial charge < -0.3 is 28.4 Å². The van der Waals surface area contributed by atoms with Crippen molar-refractivity contribution in [2.45, 2.75) is 59.3 Å². The van der Waals surface area contributed by atoms with Gasteiger partial charge in [-0.3, -0.25) is 0 Å². The van der Waals surface area contributed by atoms with Crippen LogP contribution in [0.5, 0.6) is 0 Å². The maximum atomic E-state index is 6.83. The van der Waals surface area contributed by atoms with Crippen LogP contribution < -0.4 is 36.0 Å². The van der Waals surface area contributed by atoms with Crippen molar-refractivity contribution in [1.29, 1.82) is 0 Å². The summed E-state index contributed by atoms with van der Waals surface area (Å²) in [4.78, 5) is 9.91. The molecule has 0 radical (unpaired) electrons. The fourth-order valence-corrected chi connectivity index (χ4v) is 14.6. The molecule has 0 aliphatic carbocycles. The van der Waals surface area contributed by atoms with E-state index in [1.54, 1.807) is 0 Å². The van der Waals surface area contributed by atoms with Gasteiger partial charge in [-0.05, 0) is 178 Å². The number of aromatic nitrogens is 1. The molecule has 0 bridgehead atoms. The lowest BCUT2D eigenvalue weighted by Gasteiger charge is -2.44. The number of nitrogens with zero attached hydrogens (tertiary/aromatic N) is 5. The minimum Gasteiger partial charge on any atom is -0.456 e. The summed E-state index contributed by atoms with van der Waals surface area (Å²) < 4.78 is 9.41. The van der Waals surface area contributed by atoms with Crippen molar-refractivity contribution in [3.63, 3.8) is 0 Å². The smallest absolute Gasteiger partial charge is 0.252 e. The number of fused-ring (bicyclic) bond motifs is 13. The van der Waals surface area contributed by atoms with Crippen LogP contribution in [0, 0.1) is 6.92 Å². The molecule has 3 aromatic heterocycles. The van der Waals surface area contributed by atoms with Crippen LogP contribution in [-0.2, 0) is 10.8 Å². The van der Waals surface area contributed by atoms with E-state index in [0.717, 1.165) is 89.8 Å². The minimum atomic E-state index is -0.154. The Labute approximate surface area is 513 Å². The number of furan rings is 1. The number of rotatable bonds is 8. The number of hydrogen-bond acceptors (Lipinski definition) is 5. The SMILES string of the molecule is Cc1cc2c3c(c1)N(c1ccc(C(C)(C)C)cc1)c1cc4c(cc1B3c1cc3c(cc1N2c1ccc(C(C)(C)C)cc1)oc1ccccc13)c1cc(N(c2ccccc2)c2ccccc2)cc2c3cc(N(c5ccccc5)c5ccccc5)ccc3n4c21. The van der Waals surface area contributed by atoms with E-state index in [9.17, 15) is 0 Å². The summed E-state index contributed by atoms with van der Waals surface area (Å²) in [5.74, 6) is 0. The zero-order valence-electron chi connectivity index (χ0n) is 50.5. The van der Waals surface area contributed by atoms with E-state index < -0.39 is 0 Å². The van der Waals surface area contributed by atoms with E-state index in [2.05, 4.69) is 333 Å². The van der Waals surface area contributed by atoms with E-state index in [4.69, 9.17) is 4.42 Å². The Morgan fingerprint density at radius 3 is 1.30 bits per heavy atom. The van der Waals surface area contributed by atoms with Crippen molar-refractivity contribution in [1.82, 2.24) is 4.40 Å². The molecule has 422 valence electrons. The van der Waals surface area contributed by atoms with Gasteiger partial charge in [0.1, 0.15) is 11.2 Å². The Balaban J connectivity index is 0.995. The molecular weight excluding hydrogens is 1070 g/mol. The van der Waals surface area contributed by atoms with Crippen molar-refractivity contribution < 1.29 is 4.42 Å². The molecule has 0 fully saturated rings. The quantitative estimate of drug-likeness (QED) is 0.142. The maximum absolute atomic E-state index is 6.83. The van der Waals surface area contributed by atoms with Gasteiger partial charge in [-0.25, -0.2) is 0 Å². The van der Waals surface area contributed by atoms with Crippen LogP contribution in [0.3, 0.4) is 0 Å². The van der Waals surface area contributed by atoms with E-state index in [1.165, 1.54) is 71.5 Å². The number of aryl methyl sites for hydroxylation is 1. The zero-order valence-corrected chi connectivity index (χ0v) is 50.5. The average Bonchev–Trinajstić information content (AvgIpc) is 1.21. The highest BCUT2D eigenvalue weighted by Crippen LogP contribution is 2.51. The molecule has 15 aromatic rings. The van der Waals surface area contributed by atoms with Crippen LogP contribution in [-0.4, -0.2) is 11.1 Å².